The smallest absolute Gasteiger partial charge is 0.191 e. The Morgan fingerprint density at radius 2 is 1.96 bits per heavy atom. The van der Waals surface area contributed by atoms with Crippen LogP contribution in [-0.2, 0) is 4.74 Å². The lowest BCUT2D eigenvalue weighted by atomic mass is 10.0. The van der Waals surface area contributed by atoms with E-state index in [1.54, 1.807) is 0 Å². The summed E-state index contributed by atoms with van der Waals surface area (Å²) < 4.78 is 5.72. The van der Waals surface area contributed by atoms with Crippen LogP contribution in [0.5, 0.6) is 0 Å². The van der Waals surface area contributed by atoms with Crippen LogP contribution in [0.3, 0.4) is 0 Å². The average Bonchev–Trinajstić information content (AvgIpc) is 3.35. The Kier molecular flexibility index (Phi) is 7.32. The molecule has 2 heterocycles. The summed E-state index contributed by atoms with van der Waals surface area (Å²) in [6.07, 6.45) is 5.23. The third kappa shape index (κ3) is 5.45. The third-order valence-corrected chi connectivity index (χ3v) is 5.33. The van der Waals surface area contributed by atoms with E-state index in [4.69, 9.17) is 9.73 Å². The van der Waals surface area contributed by atoms with E-state index in [1.165, 1.54) is 43.5 Å². The summed E-state index contributed by atoms with van der Waals surface area (Å²) in [5, 5.41) is 6.84. The molecule has 144 valence electrons. The van der Waals surface area contributed by atoms with Crippen molar-refractivity contribution in [3.05, 3.63) is 35.4 Å². The summed E-state index contributed by atoms with van der Waals surface area (Å²) in [7, 11) is 0. The second kappa shape index (κ2) is 9.93. The van der Waals surface area contributed by atoms with E-state index in [0.29, 0.717) is 12.1 Å². The molecule has 0 aromatic heterocycles. The fourth-order valence-corrected chi connectivity index (χ4v) is 3.81. The van der Waals surface area contributed by atoms with E-state index in [-0.39, 0.29) is 0 Å². The van der Waals surface area contributed by atoms with Crippen LogP contribution in [0.1, 0.15) is 49.8 Å². The highest BCUT2D eigenvalue weighted by Gasteiger charge is 2.23. The lowest BCUT2D eigenvalue weighted by molar-refractivity contribution is 0.113. The Labute approximate surface area is 158 Å². The highest BCUT2D eigenvalue weighted by atomic mass is 16.5. The number of aryl methyl sites for hydroxylation is 1. The monoisotopic (exact) mass is 358 g/mol. The largest absolute Gasteiger partial charge is 0.376 e. The number of hydrogen-bond donors (Lipinski definition) is 2. The fourth-order valence-electron chi connectivity index (χ4n) is 3.81. The van der Waals surface area contributed by atoms with Gasteiger partial charge in [-0.3, -0.25) is 9.89 Å². The van der Waals surface area contributed by atoms with Gasteiger partial charge >= 0.3 is 0 Å². The average molecular weight is 359 g/mol. The molecule has 2 atom stereocenters. The fraction of sp³-hybridized carbons (Fsp3) is 0.667. The van der Waals surface area contributed by atoms with Crippen molar-refractivity contribution in [2.75, 3.05) is 39.3 Å². The topological polar surface area (TPSA) is 48.9 Å². The third-order valence-electron chi connectivity index (χ3n) is 5.33. The first-order chi connectivity index (χ1) is 12.8. The molecule has 0 saturated carbocycles. The molecule has 2 fully saturated rings. The Morgan fingerprint density at radius 1 is 1.19 bits per heavy atom. The Bertz CT molecular complexity index is 560. The number of guanidine groups is 1. The van der Waals surface area contributed by atoms with Gasteiger partial charge in [0.05, 0.1) is 18.7 Å². The van der Waals surface area contributed by atoms with Gasteiger partial charge in [0.1, 0.15) is 0 Å². The molecular formula is C21H34N4O. The van der Waals surface area contributed by atoms with Gasteiger partial charge in [-0.15, -0.1) is 0 Å². The first-order valence-electron chi connectivity index (χ1n) is 10.2. The van der Waals surface area contributed by atoms with Gasteiger partial charge in [-0.1, -0.05) is 29.8 Å². The van der Waals surface area contributed by atoms with Crippen LogP contribution in [0.25, 0.3) is 0 Å². The van der Waals surface area contributed by atoms with E-state index in [9.17, 15) is 0 Å². The minimum atomic E-state index is 0.324. The number of rotatable bonds is 7. The first kappa shape index (κ1) is 19.2. The molecule has 26 heavy (non-hydrogen) atoms. The van der Waals surface area contributed by atoms with Crippen molar-refractivity contribution in [3.63, 3.8) is 0 Å². The second-order valence-electron chi connectivity index (χ2n) is 7.41. The maximum absolute atomic E-state index is 5.72. The summed E-state index contributed by atoms with van der Waals surface area (Å²) >= 11 is 0. The molecule has 3 rings (SSSR count). The van der Waals surface area contributed by atoms with Crippen molar-refractivity contribution >= 4 is 5.96 Å². The molecule has 0 radical (unpaired) electrons. The predicted molar refractivity (Wildman–Crippen MR) is 108 cm³/mol. The van der Waals surface area contributed by atoms with Crippen LogP contribution in [0.15, 0.2) is 29.3 Å². The van der Waals surface area contributed by atoms with Crippen LogP contribution in [0, 0.1) is 6.92 Å². The Balaban J connectivity index is 1.66. The molecular weight excluding hydrogens is 324 g/mol. The Morgan fingerprint density at radius 3 is 2.62 bits per heavy atom. The molecule has 2 unspecified atom stereocenters. The quantitative estimate of drug-likeness (QED) is 0.581. The first-order valence-corrected chi connectivity index (χ1v) is 10.2. The molecule has 0 aliphatic carbocycles. The summed E-state index contributed by atoms with van der Waals surface area (Å²) in [6.45, 7) is 9.99. The predicted octanol–water partition coefficient (Wildman–Crippen LogP) is 2.87. The van der Waals surface area contributed by atoms with Gasteiger partial charge in [0.15, 0.2) is 5.96 Å². The van der Waals surface area contributed by atoms with Crippen LogP contribution in [0.4, 0.5) is 0 Å². The van der Waals surface area contributed by atoms with Gasteiger partial charge in [0, 0.05) is 19.7 Å². The summed E-state index contributed by atoms with van der Waals surface area (Å²) in [5.74, 6) is 0.902. The molecule has 2 N–H and O–H groups in total. The summed E-state index contributed by atoms with van der Waals surface area (Å²) in [5.41, 5.74) is 2.68. The lowest BCUT2D eigenvalue weighted by Crippen LogP contribution is -2.41. The zero-order valence-corrected chi connectivity index (χ0v) is 16.3. The zero-order valence-electron chi connectivity index (χ0n) is 16.3. The van der Waals surface area contributed by atoms with Crippen molar-refractivity contribution in [1.82, 2.24) is 15.5 Å². The van der Waals surface area contributed by atoms with E-state index < -0.39 is 0 Å². The van der Waals surface area contributed by atoms with Gasteiger partial charge < -0.3 is 15.4 Å². The van der Waals surface area contributed by atoms with E-state index >= 15 is 0 Å². The number of likely N-dealkylation sites (tertiary alicyclic amines) is 1. The molecule has 0 spiro atoms. The molecule has 0 bridgehead atoms. The van der Waals surface area contributed by atoms with Gasteiger partial charge in [0.2, 0.25) is 0 Å². The normalized spacial score (nSPS) is 22.5. The molecule has 0 amide bonds. The molecule has 2 saturated heterocycles. The number of nitrogens with zero attached hydrogens (tertiary/aromatic N) is 2. The second-order valence-corrected chi connectivity index (χ2v) is 7.41. The molecule has 2 aliphatic rings. The van der Waals surface area contributed by atoms with E-state index in [1.807, 2.05) is 0 Å². The SMILES string of the molecule is CCNC(=NCC(c1ccc(C)cc1)N1CCCC1)NCC1CCCO1. The van der Waals surface area contributed by atoms with Crippen molar-refractivity contribution < 1.29 is 4.74 Å². The number of aliphatic imine (C=N–C) groups is 1. The van der Waals surface area contributed by atoms with Crippen molar-refractivity contribution in [2.24, 2.45) is 4.99 Å². The standard InChI is InChI=1S/C21H34N4O/c1-3-22-21(23-15-19-7-6-14-26-19)24-16-20(25-12-4-5-13-25)18-10-8-17(2)9-11-18/h8-11,19-20H,3-7,12-16H2,1-2H3,(H2,22,23,24). The summed E-state index contributed by atoms with van der Waals surface area (Å²) in [4.78, 5) is 7.50. The minimum absolute atomic E-state index is 0.324. The maximum Gasteiger partial charge on any atom is 0.191 e. The van der Waals surface area contributed by atoms with Gasteiger partial charge in [-0.25, -0.2) is 0 Å². The van der Waals surface area contributed by atoms with E-state index in [0.717, 1.165) is 38.6 Å². The molecule has 2 aliphatic heterocycles. The van der Waals surface area contributed by atoms with Crippen LogP contribution in [0.2, 0.25) is 0 Å². The molecule has 5 nitrogen and oxygen atoms in total. The maximum atomic E-state index is 5.72. The summed E-state index contributed by atoms with van der Waals surface area (Å²) in [6, 6.07) is 9.31. The number of benzene rings is 1. The van der Waals surface area contributed by atoms with E-state index in [2.05, 4.69) is 53.6 Å². The molecule has 1 aromatic rings. The van der Waals surface area contributed by atoms with Crippen LogP contribution >= 0.6 is 0 Å². The number of ether oxygens (including phenoxy) is 1. The minimum Gasteiger partial charge on any atom is -0.376 e. The zero-order chi connectivity index (χ0) is 18.2. The van der Waals surface area contributed by atoms with Crippen LogP contribution < -0.4 is 10.6 Å². The Hall–Kier alpha value is -1.59. The number of hydrogen-bond acceptors (Lipinski definition) is 3. The lowest BCUT2D eigenvalue weighted by Gasteiger charge is -2.27. The highest BCUT2D eigenvalue weighted by molar-refractivity contribution is 5.79. The van der Waals surface area contributed by atoms with Crippen LogP contribution in [-0.4, -0.2) is 56.3 Å². The van der Waals surface area contributed by atoms with Gasteiger partial charge in [-0.2, -0.15) is 0 Å². The van der Waals surface area contributed by atoms with Gasteiger partial charge in [0.25, 0.3) is 0 Å². The molecule has 5 heteroatoms. The van der Waals surface area contributed by atoms with Gasteiger partial charge in [-0.05, 0) is 58.2 Å². The number of nitrogens with one attached hydrogen (secondary N) is 2. The molecule has 1 aromatic carbocycles. The van der Waals surface area contributed by atoms with Crippen molar-refractivity contribution in [1.29, 1.82) is 0 Å². The van der Waals surface area contributed by atoms with Crippen molar-refractivity contribution in [3.8, 4) is 0 Å². The van der Waals surface area contributed by atoms with Crippen molar-refractivity contribution in [2.45, 2.75) is 51.7 Å². The highest BCUT2D eigenvalue weighted by Crippen LogP contribution is 2.25.